The van der Waals surface area contributed by atoms with Crippen LogP contribution in [0, 0.1) is 0 Å². The molecule has 4 nitrogen and oxygen atoms in total. The van der Waals surface area contributed by atoms with E-state index in [1.54, 1.807) is 0 Å². The van der Waals surface area contributed by atoms with E-state index in [-0.39, 0.29) is 11.8 Å². The maximum atomic E-state index is 13.3. The third-order valence-corrected chi connectivity index (χ3v) is 7.05. The number of hydrogen-bond donors (Lipinski definition) is 1. The smallest absolute Gasteiger partial charge is 0.227 e. The molecule has 0 saturated carbocycles. The molecule has 5 heteroatoms. The average molecular weight is 490 g/mol. The molecule has 1 atom stereocenters. The van der Waals surface area contributed by atoms with Gasteiger partial charge in [0, 0.05) is 48.4 Å². The number of benzene rings is 3. The molecule has 3 aromatic rings. The van der Waals surface area contributed by atoms with Crippen molar-refractivity contribution in [1.29, 1.82) is 0 Å². The van der Waals surface area contributed by atoms with Crippen molar-refractivity contribution in [3.05, 3.63) is 94.0 Å². The maximum Gasteiger partial charge on any atom is 0.227 e. The van der Waals surface area contributed by atoms with Crippen LogP contribution in [0.15, 0.2) is 77.3 Å². The van der Waals surface area contributed by atoms with Crippen LogP contribution in [-0.4, -0.2) is 32.1 Å². The van der Waals surface area contributed by atoms with Gasteiger partial charge < -0.3 is 15.1 Å². The number of rotatable bonds is 5. The van der Waals surface area contributed by atoms with Crippen LogP contribution in [-0.2, 0) is 17.8 Å². The second-order valence-corrected chi connectivity index (χ2v) is 9.59. The molecule has 2 aliphatic heterocycles. The first-order chi connectivity index (χ1) is 15.7. The van der Waals surface area contributed by atoms with Gasteiger partial charge in [-0.2, -0.15) is 0 Å². The highest BCUT2D eigenvalue weighted by molar-refractivity contribution is 9.10. The fourth-order valence-electron chi connectivity index (χ4n) is 4.83. The fourth-order valence-corrected chi connectivity index (χ4v) is 5.09. The highest BCUT2D eigenvalue weighted by Gasteiger charge is 2.32. The van der Waals surface area contributed by atoms with Crippen LogP contribution in [0.3, 0.4) is 0 Å². The van der Waals surface area contributed by atoms with Crippen LogP contribution >= 0.6 is 15.9 Å². The van der Waals surface area contributed by atoms with Crippen LogP contribution in [0.4, 0.5) is 11.4 Å². The standard InChI is InChI=1S/C27H28BrN3O/c28-23-8-6-20(7-9-23)16-22-17-27(32)31(19-21-4-2-1-3-5-21)26-11-10-24(18-25(22)26)30-14-12-29-13-15-30/h1-11,18,22,29H,12-17,19H2. The van der Waals surface area contributed by atoms with E-state index in [1.807, 2.05) is 23.1 Å². The molecule has 2 heterocycles. The van der Waals surface area contributed by atoms with Gasteiger partial charge in [0.05, 0.1) is 6.54 Å². The van der Waals surface area contributed by atoms with Crippen molar-refractivity contribution < 1.29 is 4.79 Å². The molecule has 1 saturated heterocycles. The highest BCUT2D eigenvalue weighted by Crippen LogP contribution is 2.41. The van der Waals surface area contributed by atoms with Crippen molar-refractivity contribution in [2.45, 2.75) is 25.3 Å². The summed E-state index contributed by atoms with van der Waals surface area (Å²) in [6.07, 6.45) is 1.41. The third kappa shape index (κ3) is 4.59. The summed E-state index contributed by atoms with van der Waals surface area (Å²) in [6, 6.07) is 25.5. The molecule has 1 amide bonds. The van der Waals surface area contributed by atoms with Crippen LogP contribution in [0.2, 0.25) is 0 Å². The van der Waals surface area contributed by atoms with Gasteiger partial charge in [0.1, 0.15) is 0 Å². The number of hydrogen-bond acceptors (Lipinski definition) is 3. The molecule has 1 unspecified atom stereocenters. The monoisotopic (exact) mass is 489 g/mol. The van der Waals surface area contributed by atoms with E-state index in [0.29, 0.717) is 13.0 Å². The van der Waals surface area contributed by atoms with Gasteiger partial charge in [-0.3, -0.25) is 4.79 Å². The van der Waals surface area contributed by atoms with E-state index < -0.39 is 0 Å². The first kappa shape index (κ1) is 21.2. The SMILES string of the molecule is O=C1CC(Cc2ccc(Br)cc2)c2cc(N3CCNCC3)ccc2N1Cc1ccccc1. The molecule has 2 aliphatic rings. The molecule has 0 spiro atoms. The number of nitrogens with one attached hydrogen (secondary N) is 1. The summed E-state index contributed by atoms with van der Waals surface area (Å²) in [5, 5.41) is 3.43. The molecular weight excluding hydrogens is 462 g/mol. The van der Waals surface area contributed by atoms with Crippen molar-refractivity contribution in [1.82, 2.24) is 5.32 Å². The maximum absolute atomic E-state index is 13.3. The number of fused-ring (bicyclic) bond motifs is 1. The van der Waals surface area contributed by atoms with E-state index in [0.717, 1.165) is 48.3 Å². The molecule has 0 aromatic heterocycles. The normalized spacial score (nSPS) is 18.5. The summed E-state index contributed by atoms with van der Waals surface area (Å²) >= 11 is 3.53. The fraction of sp³-hybridized carbons (Fsp3) is 0.296. The Morgan fingerprint density at radius 1 is 0.906 bits per heavy atom. The first-order valence-electron chi connectivity index (χ1n) is 11.4. The molecule has 32 heavy (non-hydrogen) atoms. The summed E-state index contributed by atoms with van der Waals surface area (Å²) < 4.78 is 1.08. The third-order valence-electron chi connectivity index (χ3n) is 6.52. The van der Waals surface area contributed by atoms with Gasteiger partial charge in [-0.25, -0.2) is 0 Å². The lowest BCUT2D eigenvalue weighted by atomic mass is 9.84. The summed E-state index contributed by atoms with van der Waals surface area (Å²) in [6.45, 7) is 4.67. The minimum absolute atomic E-state index is 0.188. The summed E-state index contributed by atoms with van der Waals surface area (Å²) in [5.74, 6) is 0.395. The lowest BCUT2D eigenvalue weighted by Crippen LogP contribution is -2.43. The molecule has 1 fully saturated rings. The van der Waals surface area contributed by atoms with Gasteiger partial charge in [0.2, 0.25) is 5.91 Å². The van der Waals surface area contributed by atoms with E-state index in [9.17, 15) is 4.79 Å². The summed E-state index contributed by atoms with van der Waals surface area (Å²) in [7, 11) is 0. The van der Waals surface area contributed by atoms with Crippen LogP contribution in [0.5, 0.6) is 0 Å². The molecule has 0 radical (unpaired) electrons. The number of amides is 1. The Labute approximate surface area is 198 Å². The van der Waals surface area contributed by atoms with Crippen molar-refractivity contribution in [2.24, 2.45) is 0 Å². The average Bonchev–Trinajstić information content (AvgIpc) is 2.84. The lowest BCUT2D eigenvalue weighted by Gasteiger charge is -2.36. The minimum atomic E-state index is 0.188. The second kappa shape index (κ2) is 9.47. The lowest BCUT2D eigenvalue weighted by molar-refractivity contribution is -0.119. The van der Waals surface area contributed by atoms with Gasteiger partial charge in [0.15, 0.2) is 0 Å². The number of carbonyl (C=O) groups is 1. The molecule has 0 bridgehead atoms. The summed E-state index contributed by atoms with van der Waals surface area (Å²) in [5.41, 5.74) is 6.04. The van der Waals surface area contributed by atoms with E-state index in [4.69, 9.17) is 0 Å². The van der Waals surface area contributed by atoms with Crippen molar-refractivity contribution in [3.8, 4) is 0 Å². The van der Waals surface area contributed by atoms with Gasteiger partial charge in [-0.15, -0.1) is 0 Å². The Morgan fingerprint density at radius 3 is 2.41 bits per heavy atom. The van der Waals surface area contributed by atoms with Gasteiger partial charge >= 0.3 is 0 Å². The Bertz CT molecular complexity index is 1080. The van der Waals surface area contributed by atoms with Crippen LogP contribution in [0.25, 0.3) is 0 Å². The number of carbonyl (C=O) groups excluding carboxylic acids is 1. The second-order valence-electron chi connectivity index (χ2n) is 8.68. The van der Waals surface area contributed by atoms with E-state index >= 15 is 0 Å². The molecule has 3 aromatic carbocycles. The predicted molar refractivity (Wildman–Crippen MR) is 134 cm³/mol. The largest absolute Gasteiger partial charge is 0.369 e. The quantitative estimate of drug-likeness (QED) is 0.539. The highest BCUT2D eigenvalue weighted by atomic mass is 79.9. The van der Waals surface area contributed by atoms with Crippen molar-refractivity contribution in [3.63, 3.8) is 0 Å². The zero-order valence-electron chi connectivity index (χ0n) is 18.1. The van der Waals surface area contributed by atoms with Crippen LogP contribution in [0.1, 0.15) is 29.0 Å². The van der Waals surface area contributed by atoms with E-state index in [2.05, 4.69) is 80.7 Å². The molecular formula is C27H28BrN3O. The Balaban J connectivity index is 1.50. The Kier molecular flexibility index (Phi) is 6.28. The predicted octanol–water partition coefficient (Wildman–Crippen LogP) is 5.12. The Morgan fingerprint density at radius 2 is 1.66 bits per heavy atom. The van der Waals surface area contributed by atoms with E-state index in [1.165, 1.54) is 16.8 Å². The number of piperazine rings is 1. The number of anilines is 2. The van der Waals surface area contributed by atoms with Crippen molar-refractivity contribution in [2.75, 3.05) is 36.0 Å². The zero-order chi connectivity index (χ0) is 21.9. The first-order valence-corrected chi connectivity index (χ1v) is 12.1. The van der Waals surface area contributed by atoms with Gasteiger partial charge in [0.25, 0.3) is 0 Å². The molecule has 5 rings (SSSR count). The van der Waals surface area contributed by atoms with Gasteiger partial charge in [-0.1, -0.05) is 58.4 Å². The van der Waals surface area contributed by atoms with Gasteiger partial charge in [-0.05, 0) is 59.4 Å². The number of halogens is 1. The molecule has 1 N–H and O–H groups in total. The molecule has 0 aliphatic carbocycles. The summed E-state index contributed by atoms with van der Waals surface area (Å²) in [4.78, 5) is 17.7. The van der Waals surface area contributed by atoms with Crippen molar-refractivity contribution >= 4 is 33.2 Å². The van der Waals surface area contributed by atoms with Crippen LogP contribution < -0.4 is 15.1 Å². The minimum Gasteiger partial charge on any atom is -0.369 e. The molecule has 164 valence electrons. The number of nitrogens with zero attached hydrogens (tertiary/aromatic N) is 2. The zero-order valence-corrected chi connectivity index (χ0v) is 19.7. The Hall–Kier alpha value is -2.63. The topological polar surface area (TPSA) is 35.6 Å².